The van der Waals surface area contributed by atoms with Crippen LogP contribution in [0.2, 0.25) is 0 Å². The quantitative estimate of drug-likeness (QED) is 0.761. The molecule has 2 heterocycles. The summed E-state index contributed by atoms with van der Waals surface area (Å²) in [7, 11) is 2.16. The molecule has 25 heavy (non-hydrogen) atoms. The van der Waals surface area contributed by atoms with Crippen molar-refractivity contribution in [2.45, 2.75) is 45.3 Å². The maximum absolute atomic E-state index is 6.04. The lowest BCUT2D eigenvalue weighted by atomic mass is 9.88. The first kappa shape index (κ1) is 18.5. The van der Waals surface area contributed by atoms with E-state index in [-0.39, 0.29) is 0 Å². The molecule has 0 aromatic carbocycles. The number of hydrogen-bond acceptors (Lipinski definition) is 6. The van der Waals surface area contributed by atoms with E-state index in [4.69, 9.17) is 4.74 Å². The van der Waals surface area contributed by atoms with Gasteiger partial charge in [0, 0.05) is 57.2 Å². The zero-order valence-corrected chi connectivity index (χ0v) is 15.8. The lowest BCUT2D eigenvalue weighted by Gasteiger charge is -2.32. The van der Waals surface area contributed by atoms with Crippen molar-refractivity contribution >= 4 is 5.95 Å². The number of ether oxygens (including phenoxy) is 1. The molecule has 2 aliphatic rings. The number of nitrogens with one attached hydrogen (secondary N) is 1. The number of hydrogen-bond donors (Lipinski definition) is 1. The number of piperazine rings is 1. The van der Waals surface area contributed by atoms with Gasteiger partial charge in [-0.2, -0.15) is 0 Å². The van der Waals surface area contributed by atoms with Crippen LogP contribution in [0.1, 0.15) is 38.2 Å². The predicted octanol–water partition coefficient (Wildman–Crippen LogP) is 1.91. The Labute approximate surface area is 152 Å². The Bertz CT molecular complexity index is 501. The van der Waals surface area contributed by atoms with Crippen LogP contribution in [0, 0.1) is 5.92 Å². The maximum Gasteiger partial charge on any atom is 0.225 e. The van der Waals surface area contributed by atoms with Gasteiger partial charge in [0.25, 0.3) is 0 Å². The molecule has 140 valence electrons. The van der Waals surface area contributed by atoms with Gasteiger partial charge >= 0.3 is 0 Å². The van der Waals surface area contributed by atoms with E-state index >= 15 is 0 Å². The van der Waals surface area contributed by atoms with Crippen LogP contribution in [0.5, 0.6) is 0 Å². The van der Waals surface area contributed by atoms with Crippen molar-refractivity contribution in [2.75, 3.05) is 51.3 Å². The van der Waals surface area contributed by atoms with Gasteiger partial charge in [-0.3, -0.25) is 0 Å². The molecule has 0 bridgehead atoms. The van der Waals surface area contributed by atoms with Crippen LogP contribution in [0.25, 0.3) is 0 Å². The van der Waals surface area contributed by atoms with Crippen molar-refractivity contribution in [3.63, 3.8) is 0 Å². The van der Waals surface area contributed by atoms with E-state index in [2.05, 4.69) is 39.1 Å². The molecular formula is C19H33N5O. The van der Waals surface area contributed by atoms with Crippen LogP contribution in [0.4, 0.5) is 5.95 Å². The highest BCUT2D eigenvalue weighted by atomic mass is 16.5. The molecule has 0 amide bonds. The SMILES string of the molecule is C[C@H]1CCCC[C@H]1OCCNCc1cnc(N2CCN(C)CC2)nc1. The van der Waals surface area contributed by atoms with Crippen LogP contribution in [0.3, 0.4) is 0 Å². The number of rotatable bonds is 7. The Morgan fingerprint density at radius 3 is 2.56 bits per heavy atom. The molecule has 1 aliphatic carbocycles. The number of nitrogens with zero attached hydrogens (tertiary/aromatic N) is 4. The Morgan fingerprint density at radius 2 is 1.84 bits per heavy atom. The fraction of sp³-hybridized carbons (Fsp3) is 0.789. The topological polar surface area (TPSA) is 53.5 Å². The summed E-state index contributed by atoms with van der Waals surface area (Å²) in [6.45, 7) is 8.94. The summed E-state index contributed by atoms with van der Waals surface area (Å²) < 4.78 is 6.04. The van der Waals surface area contributed by atoms with Gasteiger partial charge in [-0.05, 0) is 25.8 Å². The van der Waals surface area contributed by atoms with Crippen LogP contribution < -0.4 is 10.2 Å². The Balaban J connectivity index is 1.33. The molecule has 0 unspecified atom stereocenters. The van der Waals surface area contributed by atoms with E-state index in [0.29, 0.717) is 12.0 Å². The highest BCUT2D eigenvalue weighted by Crippen LogP contribution is 2.25. The Kier molecular flexibility index (Phi) is 7.02. The highest BCUT2D eigenvalue weighted by Gasteiger charge is 2.21. The largest absolute Gasteiger partial charge is 0.377 e. The minimum Gasteiger partial charge on any atom is -0.377 e. The van der Waals surface area contributed by atoms with Gasteiger partial charge in [-0.15, -0.1) is 0 Å². The van der Waals surface area contributed by atoms with Gasteiger partial charge in [-0.1, -0.05) is 19.8 Å². The van der Waals surface area contributed by atoms with Gasteiger partial charge in [0.1, 0.15) is 0 Å². The normalized spacial score (nSPS) is 25.3. The molecule has 1 saturated carbocycles. The van der Waals surface area contributed by atoms with Crippen LogP contribution in [0.15, 0.2) is 12.4 Å². The third-order valence-electron chi connectivity index (χ3n) is 5.45. The minimum absolute atomic E-state index is 0.460. The molecule has 1 N–H and O–H groups in total. The molecule has 3 rings (SSSR count). The first-order valence-corrected chi connectivity index (χ1v) is 9.79. The summed E-state index contributed by atoms with van der Waals surface area (Å²) in [6.07, 6.45) is 9.57. The van der Waals surface area contributed by atoms with Gasteiger partial charge in [0.15, 0.2) is 0 Å². The van der Waals surface area contributed by atoms with E-state index < -0.39 is 0 Å². The third kappa shape index (κ3) is 5.62. The monoisotopic (exact) mass is 347 g/mol. The standard InChI is InChI=1S/C19H33N5O/c1-16-5-3-4-6-18(16)25-12-7-20-13-17-14-21-19(22-15-17)24-10-8-23(2)9-11-24/h14-16,18,20H,3-13H2,1-2H3/t16-,18+/m0/s1. The summed E-state index contributed by atoms with van der Waals surface area (Å²) in [5.74, 6) is 1.57. The van der Waals surface area contributed by atoms with Gasteiger partial charge in [0.05, 0.1) is 12.7 Å². The lowest BCUT2D eigenvalue weighted by molar-refractivity contribution is -0.00322. The maximum atomic E-state index is 6.04. The van der Waals surface area contributed by atoms with Crippen molar-refractivity contribution in [1.29, 1.82) is 0 Å². The van der Waals surface area contributed by atoms with Crippen LogP contribution >= 0.6 is 0 Å². The molecular weight excluding hydrogens is 314 g/mol. The smallest absolute Gasteiger partial charge is 0.225 e. The van der Waals surface area contributed by atoms with Crippen molar-refractivity contribution in [2.24, 2.45) is 5.92 Å². The number of likely N-dealkylation sites (N-methyl/N-ethyl adjacent to an activating group) is 1. The summed E-state index contributed by atoms with van der Waals surface area (Å²) in [5, 5.41) is 3.44. The molecule has 1 aromatic heterocycles. The summed E-state index contributed by atoms with van der Waals surface area (Å²) >= 11 is 0. The fourth-order valence-electron chi connectivity index (χ4n) is 3.65. The predicted molar refractivity (Wildman–Crippen MR) is 101 cm³/mol. The first-order valence-electron chi connectivity index (χ1n) is 9.79. The van der Waals surface area contributed by atoms with E-state index in [9.17, 15) is 0 Å². The van der Waals surface area contributed by atoms with Crippen molar-refractivity contribution < 1.29 is 4.74 Å². The van der Waals surface area contributed by atoms with E-state index in [0.717, 1.165) is 57.4 Å². The van der Waals surface area contributed by atoms with Gasteiger partial charge in [-0.25, -0.2) is 9.97 Å². The molecule has 2 atom stereocenters. The van der Waals surface area contributed by atoms with Crippen LogP contribution in [-0.4, -0.2) is 67.4 Å². The number of anilines is 1. The Hall–Kier alpha value is -1.24. The second-order valence-electron chi connectivity index (χ2n) is 7.53. The number of aromatic nitrogens is 2. The average molecular weight is 348 g/mol. The summed E-state index contributed by atoms with van der Waals surface area (Å²) in [5.41, 5.74) is 1.13. The Morgan fingerprint density at radius 1 is 1.12 bits per heavy atom. The average Bonchev–Trinajstić information content (AvgIpc) is 2.64. The van der Waals surface area contributed by atoms with E-state index in [1.165, 1.54) is 25.7 Å². The molecule has 1 saturated heterocycles. The van der Waals surface area contributed by atoms with Crippen molar-refractivity contribution in [3.05, 3.63) is 18.0 Å². The summed E-state index contributed by atoms with van der Waals surface area (Å²) in [4.78, 5) is 13.7. The second-order valence-corrected chi connectivity index (χ2v) is 7.53. The zero-order valence-electron chi connectivity index (χ0n) is 15.8. The minimum atomic E-state index is 0.460. The third-order valence-corrected chi connectivity index (χ3v) is 5.45. The molecule has 6 nitrogen and oxygen atoms in total. The van der Waals surface area contributed by atoms with E-state index in [1.54, 1.807) is 0 Å². The van der Waals surface area contributed by atoms with Crippen molar-refractivity contribution in [3.8, 4) is 0 Å². The van der Waals surface area contributed by atoms with Crippen molar-refractivity contribution in [1.82, 2.24) is 20.2 Å². The van der Waals surface area contributed by atoms with E-state index in [1.807, 2.05) is 12.4 Å². The molecule has 0 radical (unpaired) electrons. The molecule has 0 spiro atoms. The van der Waals surface area contributed by atoms with Gasteiger partial charge in [0.2, 0.25) is 5.95 Å². The molecule has 6 heteroatoms. The second kappa shape index (κ2) is 9.46. The van der Waals surface area contributed by atoms with Gasteiger partial charge < -0.3 is 19.9 Å². The fourth-order valence-corrected chi connectivity index (χ4v) is 3.65. The molecule has 1 aromatic rings. The van der Waals surface area contributed by atoms with Crippen LogP contribution in [-0.2, 0) is 11.3 Å². The molecule has 2 fully saturated rings. The lowest BCUT2D eigenvalue weighted by Crippen LogP contribution is -2.45. The summed E-state index contributed by atoms with van der Waals surface area (Å²) in [6, 6.07) is 0. The first-order chi connectivity index (χ1) is 12.2. The zero-order chi connectivity index (χ0) is 17.5. The molecule has 1 aliphatic heterocycles. The highest BCUT2D eigenvalue weighted by molar-refractivity contribution is 5.30.